The molecule has 1 amide bonds. The molecular formula is C14H26N2O3. The molecule has 1 unspecified atom stereocenters. The van der Waals surface area contributed by atoms with Crippen molar-refractivity contribution >= 4 is 5.91 Å². The topological polar surface area (TPSA) is 53.0 Å². The smallest absolute Gasteiger partial charge is 0.240 e. The number of ether oxygens (including phenoxy) is 1. The fraction of sp³-hybridized carbons (Fsp3) is 0.786. The molecule has 1 N–H and O–H groups in total. The Balaban J connectivity index is 2.43. The normalized spacial score (nSPS) is 16.6. The van der Waals surface area contributed by atoms with E-state index in [0.717, 1.165) is 25.0 Å². The van der Waals surface area contributed by atoms with E-state index in [9.17, 15) is 9.90 Å². The zero-order valence-electron chi connectivity index (χ0n) is 12.3. The SMILES string of the molecule is CCN(C(=O)CN(C)CC(O)COC)C1=CCCC1. The molecule has 0 radical (unpaired) electrons. The van der Waals surface area contributed by atoms with Crippen LogP contribution in [-0.2, 0) is 9.53 Å². The minimum atomic E-state index is -0.552. The highest BCUT2D eigenvalue weighted by Gasteiger charge is 2.20. The molecule has 0 spiro atoms. The Kier molecular flexibility index (Phi) is 7.05. The first kappa shape index (κ1) is 16.1. The molecule has 0 aliphatic heterocycles. The highest BCUT2D eigenvalue weighted by atomic mass is 16.5. The van der Waals surface area contributed by atoms with Gasteiger partial charge in [0.2, 0.25) is 5.91 Å². The van der Waals surface area contributed by atoms with E-state index in [-0.39, 0.29) is 5.91 Å². The molecule has 1 aliphatic rings. The van der Waals surface area contributed by atoms with Crippen molar-refractivity contribution < 1.29 is 14.6 Å². The average molecular weight is 270 g/mol. The van der Waals surface area contributed by atoms with Gasteiger partial charge in [0.25, 0.3) is 0 Å². The van der Waals surface area contributed by atoms with Crippen LogP contribution in [0.1, 0.15) is 26.2 Å². The lowest BCUT2D eigenvalue weighted by Crippen LogP contribution is -2.41. The quantitative estimate of drug-likeness (QED) is 0.710. The predicted molar refractivity (Wildman–Crippen MR) is 74.7 cm³/mol. The Labute approximate surface area is 115 Å². The summed E-state index contributed by atoms with van der Waals surface area (Å²) < 4.78 is 4.88. The minimum absolute atomic E-state index is 0.0998. The van der Waals surface area contributed by atoms with Crippen molar-refractivity contribution in [3.63, 3.8) is 0 Å². The fourth-order valence-electron chi connectivity index (χ4n) is 2.42. The number of methoxy groups -OCH3 is 1. The summed E-state index contributed by atoms with van der Waals surface area (Å²) in [7, 11) is 3.40. The van der Waals surface area contributed by atoms with Crippen molar-refractivity contribution in [2.75, 3.05) is 40.4 Å². The molecule has 1 atom stereocenters. The molecular weight excluding hydrogens is 244 g/mol. The summed E-state index contributed by atoms with van der Waals surface area (Å²) in [5.41, 5.74) is 1.15. The number of nitrogens with zero attached hydrogens (tertiary/aromatic N) is 2. The second kappa shape index (κ2) is 8.30. The summed E-state index contributed by atoms with van der Waals surface area (Å²) in [4.78, 5) is 15.9. The summed E-state index contributed by atoms with van der Waals surface area (Å²) in [6.07, 6.45) is 4.81. The third-order valence-corrected chi connectivity index (χ3v) is 3.27. The molecule has 1 rings (SSSR count). The molecule has 0 fully saturated rings. The highest BCUT2D eigenvalue weighted by molar-refractivity contribution is 5.80. The molecule has 0 saturated heterocycles. The van der Waals surface area contributed by atoms with Crippen LogP contribution < -0.4 is 0 Å². The van der Waals surface area contributed by atoms with Crippen molar-refractivity contribution in [1.82, 2.24) is 9.80 Å². The van der Waals surface area contributed by atoms with E-state index in [1.807, 2.05) is 23.8 Å². The summed E-state index contributed by atoms with van der Waals surface area (Å²) in [5, 5.41) is 9.64. The van der Waals surface area contributed by atoms with Gasteiger partial charge in [-0.05, 0) is 33.2 Å². The van der Waals surface area contributed by atoms with E-state index in [4.69, 9.17) is 4.74 Å². The number of aliphatic hydroxyl groups excluding tert-OH is 1. The van der Waals surface area contributed by atoms with Gasteiger partial charge in [-0.3, -0.25) is 9.69 Å². The first-order valence-electron chi connectivity index (χ1n) is 6.93. The molecule has 19 heavy (non-hydrogen) atoms. The van der Waals surface area contributed by atoms with Gasteiger partial charge < -0.3 is 14.7 Å². The number of rotatable bonds is 8. The number of carbonyl (C=O) groups excluding carboxylic acids is 1. The van der Waals surface area contributed by atoms with Crippen molar-refractivity contribution in [3.8, 4) is 0 Å². The second-order valence-corrected chi connectivity index (χ2v) is 5.03. The maximum Gasteiger partial charge on any atom is 0.240 e. The van der Waals surface area contributed by atoms with Crippen LogP contribution in [0.15, 0.2) is 11.8 Å². The number of aliphatic hydroxyl groups is 1. The van der Waals surface area contributed by atoms with Gasteiger partial charge in [0, 0.05) is 25.9 Å². The Hall–Kier alpha value is -0.910. The number of hydrogen-bond acceptors (Lipinski definition) is 4. The van der Waals surface area contributed by atoms with E-state index in [2.05, 4.69) is 6.08 Å². The third kappa shape index (κ3) is 5.30. The van der Waals surface area contributed by atoms with Crippen LogP contribution in [0.5, 0.6) is 0 Å². The number of hydrogen-bond donors (Lipinski definition) is 1. The highest BCUT2D eigenvalue weighted by Crippen LogP contribution is 2.21. The van der Waals surface area contributed by atoms with Crippen molar-refractivity contribution in [2.45, 2.75) is 32.3 Å². The Morgan fingerprint density at radius 1 is 1.58 bits per heavy atom. The molecule has 110 valence electrons. The summed E-state index contributed by atoms with van der Waals surface area (Å²) >= 11 is 0. The van der Waals surface area contributed by atoms with Gasteiger partial charge in [-0.15, -0.1) is 0 Å². The molecule has 1 aliphatic carbocycles. The van der Waals surface area contributed by atoms with Crippen LogP contribution in [0.25, 0.3) is 0 Å². The minimum Gasteiger partial charge on any atom is -0.389 e. The first-order chi connectivity index (χ1) is 9.08. The number of carbonyl (C=O) groups is 1. The molecule has 0 heterocycles. The maximum absolute atomic E-state index is 12.2. The van der Waals surface area contributed by atoms with Crippen molar-refractivity contribution in [3.05, 3.63) is 11.8 Å². The van der Waals surface area contributed by atoms with Crippen LogP contribution in [-0.4, -0.2) is 67.3 Å². The summed E-state index contributed by atoms with van der Waals surface area (Å²) in [6, 6.07) is 0. The fourth-order valence-corrected chi connectivity index (χ4v) is 2.42. The monoisotopic (exact) mass is 270 g/mol. The van der Waals surface area contributed by atoms with Crippen molar-refractivity contribution in [1.29, 1.82) is 0 Å². The van der Waals surface area contributed by atoms with Gasteiger partial charge in [0.1, 0.15) is 0 Å². The van der Waals surface area contributed by atoms with E-state index in [1.54, 1.807) is 7.11 Å². The van der Waals surface area contributed by atoms with Crippen LogP contribution in [0, 0.1) is 0 Å². The van der Waals surface area contributed by atoms with Gasteiger partial charge in [0.05, 0.1) is 19.3 Å². The zero-order valence-corrected chi connectivity index (χ0v) is 12.3. The molecule has 0 bridgehead atoms. The van der Waals surface area contributed by atoms with Gasteiger partial charge >= 0.3 is 0 Å². The Bertz CT molecular complexity index is 318. The van der Waals surface area contributed by atoms with Crippen LogP contribution in [0.3, 0.4) is 0 Å². The lowest BCUT2D eigenvalue weighted by atomic mass is 10.3. The third-order valence-electron chi connectivity index (χ3n) is 3.27. The van der Waals surface area contributed by atoms with E-state index in [1.165, 1.54) is 0 Å². The van der Waals surface area contributed by atoms with E-state index >= 15 is 0 Å². The lowest BCUT2D eigenvalue weighted by Gasteiger charge is -2.26. The number of allylic oxidation sites excluding steroid dienone is 2. The van der Waals surface area contributed by atoms with Crippen LogP contribution in [0.4, 0.5) is 0 Å². The summed E-state index contributed by atoms with van der Waals surface area (Å²) in [6.45, 7) is 3.76. The molecule has 5 nitrogen and oxygen atoms in total. The van der Waals surface area contributed by atoms with Gasteiger partial charge in [-0.25, -0.2) is 0 Å². The number of likely N-dealkylation sites (N-methyl/N-ethyl adjacent to an activating group) is 2. The van der Waals surface area contributed by atoms with Crippen LogP contribution >= 0.6 is 0 Å². The molecule has 0 aromatic heterocycles. The van der Waals surface area contributed by atoms with Gasteiger partial charge in [0.15, 0.2) is 0 Å². The first-order valence-corrected chi connectivity index (χ1v) is 6.93. The van der Waals surface area contributed by atoms with E-state index in [0.29, 0.717) is 26.2 Å². The average Bonchev–Trinajstić information content (AvgIpc) is 2.83. The Morgan fingerprint density at radius 3 is 2.84 bits per heavy atom. The molecule has 5 heteroatoms. The zero-order chi connectivity index (χ0) is 14.3. The van der Waals surface area contributed by atoms with Crippen LogP contribution in [0.2, 0.25) is 0 Å². The molecule has 0 aromatic carbocycles. The number of amides is 1. The summed E-state index contributed by atoms with van der Waals surface area (Å²) in [5.74, 6) is 0.0998. The lowest BCUT2D eigenvalue weighted by molar-refractivity contribution is -0.130. The second-order valence-electron chi connectivity index (χ2n) is 5.03. The maximum atomic E-state index is 12.2. The van der Waals surface area contributed by atoms with Crippen molar-refractivity contribution in [2.24, 2.45) is 0 Å². The standard InChI is InChI=1S/C14H26N2O3/c1-4-16(12-7-5-6-8-12)14(18)10-15(2)9-13(17)11-19-3/h7,13,17H,4-6,8-11H2,1-3H3. The van der Waals surface area contributed by atoms with Gasteiger partial charge in [-0.1, -0.05) is 6.08 Å². The molecule has 0 saturated carbocycles. The largest absolute Gasteiger partial charge is 0.389 e. The predicted octanol–water partition coefficient (Wildman–Crippen LogP) is 0.842. The Morgan fingerprint density at radius 2 is 2.32 bits per heavy atom. The molecule has 0 aromatic rings. The van der Waals surface area contributed by atoms with E-state index < -0.39 is 6.10 Å². The van der Waals surface area contributed by atoms with Gasteiger partial charge in [-0.2, -0.15) is 0 Å².